The number of carbonyl (C=O) groups excluding carboxylic acids is 2. The standard InChI is InChI=1S/C24H21ClN2O4/c1-3-30-18-10-7-16(8-11-18)21-22(26-20-13-17(25)9-6-15(20)2)24(29)27(23(21)28)14-19-5-4-12-31-19/h4-13,26H,3,14H2,1-2H3. The molecule has 2 aromatic carbocycles. The van der Waals surface area contributed by atoms with E-state index in [-0.39, 0.29) is 12.2 Å². The van der Waals surface area contributed by atoms with E-state index in [0.717, 1.165) is 5.56 Å². The molecule has 0 atom stereocenters. The molecule has 0 bridgehead atoms. The van der Waals surface area contributed by atoms with Crippen molar-refractivity contribution in [1.82, 2.24) is 4.90 Å². The van der Waals surface area contributed by atoms with Crippen LogP contribution in [0, 0.1) is 6.92 Å². The summed E-state index contributed by atoms with van der Waals surface area (Å²) in [5.74, 6) is 0.390. The highest BCUT2D eigenvalue weighted by atomic mass is 35.5. The number of aryl methyl sites for hydroxylation is 1. The lowest BCUT2D eigenvalue weighted by Crippen LogP contribution is -2.31. The molecular formula is C24H21ClN2O4. The van der Waals surface area contributed by atoms with Gasteiger partial charge in [0, 0.05) is 10.7 Å². The van der Waals surface area contributed by atoms with Crippen LogP contribution in [-0.2, 0) is 16.1 Å². The lowest BCUT2D eigenvalue weighted by molar-refractivity contribution is -0.137. The Kier molecular flexibility index (Phi) is 5.82. The predicted molar refractivity (Wildman–Crippen MR) is 119 cm³/mol. The molecule has 0 radical (unpaired) electrons. The molecule has 3 aromatic rings. The first-order valence-corrected chi connectivity index (χ1v) is 10.2. The third-order valence-corrected chi connectivity index (χ3v) is 5.21. The zero-order valence-electron chi connectivity index (χ0n) is 17.1. The van der Waals surface area contributed by atoms with Crippen molar-refractivity contribution in [2.75, 3.05) is 11.9 Å². The van der Waals surface area contributed by atoms with Gasteiger partial charge in [0.15, 0.2) is 0 Å². The molecule has 1 aliphatic heterocycles. The van der Waals surface area contributed by atoms with E-state index < -0.39 is 11.8 Å². The summed E-state index contributed by atoms with van der Waals surface area (Å²) >= 11 is 6.15. The molecule has 4 rings (SSSR count). The van der Waals surface area contributed by atoms with Gasteiger partial charge < -0.3 is 14.5 Å². The van der Waals surface area contributed by atoms with E-state index in [4.69, 9.17) is 20.8 Å². The van der Waals surface area contributed by atoms with Crippen LogP contribution in [-0.4, -0.2) is 23.3 Å². The lowest BCUT2D eigenvalue weighted by Gasteiger charge is -2.14. The smallest absolute Gasteiger partial charge is 0.278 e. The van der Waals surface area contributed by atoms with Gasteiger partial charge in [-0.05, 0) is 61.4 Å². The van der Waals surface area contributed by atoms with Gasteiger partial charge >= 0.3 is 0 Å². The Balaban J connectivity index is 1.75. The maximum atomic E-state index is 13.3. The van der Waals surface area contributed by atoms with Gasteiger partial charge in [-0.15, -0.1) is 0 Å². The minimum Gasteiger partial charge on any atom is -0.494 e. The molecule has 0 saturated carbocycles. The first kappa shape index (κ1) is 20.8. The fourth-order valence-corrected chi connectivity index (χ4v) is 3.58. The van der Waals surface area contributed by atoms with Gasteiger partial charge in [-0.25, -0.2) is 0 Å². The minimum absolute atomic E-state index is 0.0465. The van der Waals surface area contributed by atoms with Crippen molar-refractivity contribution in [3.05, 3.63) is 88.5 Å². The average Bonchev–Trinajstić information content (AvgIpc) is 3.35. The van der Waals surface area contributed by atoms with Gasteiger partial charge in [-0.1, -0.05) is 29.8 Å². The van der Waals surface area contributed by atoms with Gasteiger partial charge in [0.1, 0.15) is 17.2 Å². The highest BCUT2D eigenvalue weighted by molar-refractivity contribution is 6.36. The quantitative estimate of drug-likeness (QED) is 0.526. The summed E-state index contributed by atoms with van der Waals surface area (Å²) < 4.78 is 10.8. The number of hydrogen-bond donors (Lipinski definition) is 1. The second-order valence-electron chi connectivity index (χ2n) is 7.07. The van der Waals surface area contributed by atoms with Crippen molar-refractivity contribution in [1.29, 1.82) is 0 Å². The molecule has 1 aliphatic rings. The first-order chi connectivity index (χ1) is 15.0. The number of nitrogens with one attached hydrogen (secondary N) is 1. The summed E-state index contributed by atoms with van der Waals surface area (Å²) in [5.41, 5.74) is 2.66. The van der Waals surface area contributed by atoms with Crippen molar-refractivity contribution in [3.63, 3.8) is 0 Å². The van der Waals surface area contributed by atoms with E-state index >= 15 is 0 Å². The zero-order chi connectivity index (χ0) is 22.0. The number of nitrogens with zero attached hydrogens (tertiary/aromatic N) is 1. The Hall–Kier alpha value is -3.51. The molecule has 7 heteroatoms. The van der Waals surface area contributed by atoms with Gasteiger partial charge in [0.2, 0.25) is 0 Å². The molecule has 6 nitrogen and oxygen atoms in total. The van der Waals surface area contributed by atoms with E-state index in [2.05, 4.69) is 5.32 Å². The molecule has 31 heavy (non-hydrogen) atoms. The number of ether oxygens (including phenoxy) is 1. The van der Waals surface area contributed by atoms with Crippen molar-refractivity contribution in [3.8, 4) is 5.75 Å². The van der Waals surface area contributed by atoms with E-state index in [9.17, 15) is 9.59 Å². The van der Waals surface area contributed by atoms with E-state index in [0.29, 0.717) is 40.0 Å². The maximum Gasteiger partial charge on any atom is 0.278 e. The van der Waals surface area contributed by atoms with Crippen molar-refractivity contribution >= 4 is 34.7 Å². The molecule has 1 N–H and O–H groups in total. The van der Waals surface area contributed by atoms with Crippen LogP contribution < -0.4 is 10.1 Å². The van der Waals surface area contributed by atoms with E-state index in [1.54, 1.807) is 48.5 Å². The number of imide groups is 1. The Labute approximate surface area is 185 Å². The molecule has 0 fully saturated rings. The maximum absolute atomic E-state index is 13.3. The van der Waals surface area contributed by atoms with Gasteiger partial charge in [-0.2, -0.15) is 0 Å². The summed E-state index contributed by atoms with van der Waals surface area (Å²) in [5, 5.41) is 3.68. The van der Waals surface area contributed by atoms with Crippen LogP contribution >= 0.6 is 11.6 Å². The molecule has 0 saturated heterocycles. The number of hydrogen-bond acceptors (Lipinski definition) is 5. The van der Waals surface area contributed by atoms with E-state index in [1.165, 1.54) is 11.2 Å². The predicted octanol–water partition coefficient (Wildman–Crippen LogP) is 5.03. The highest BCUT2D eigenvalue weighted by Crippen LogP contribution is 2.33. The van der Waals surface area contributed by atoms with Crippen LogP contribution in [0.1, 0.15) is 23.8 Å². The largest absolute Gasteiger partial charge is 0.494 e. The molecule has 158 valence electrons. The monoisotopic (exact) mass is 436 g/mol. The minimum atomic E-state index is -0.426. The molecule has 2 amide bonds. The third-order valence-electron chi connectivity index (χ3n) is 4.98. The molecule has 0 spiro atoms. The first-order valence-electron chi connectivity index (χ1n) is 9.87. The topological polar surface area (TPSA) is 71.8 Å². The lowest BCUT2D eigenvalue weighted by atomic mass is 10.0. The summed E-state index contributed by atoms with van der Waals surface area (Å²) in [6, 6.07) is 15.9. The number of halogens is 1. The summed E-state index contributed by atoms with van der Waals surface area (Å²) in [7, 11) is 0. The van der Waals surface area contributed by atoms with Crippen molar-refractivity contribution in [2.24, 2.45) is 0 Å². The number of rotatable bonds is 7. The van der Waals surface area contributed by atoms with Crippen LogP contribution in [0.15, 0.2) is 71.0 Å². The van der Waals surface area contributed by atoms with Gasteiger partial charge in [-0.3, -0.25) is 14.5 Å². The van der Waals surface area contributed by atoms with Crippen LogP contribution in [0.4, 0.5) is 5.69 Å². The Morgan fingerprint density at radius 3 is 2.52 bits per heavy atom. The fourth-order valence-electron chi connectivity index (χ4n) is 3.41. The van der Waals surface area contributed by atoms with Crippen LogP contribution in [0.3, 0.4) is 0 Å². The van der Waals surface area contributed by atoms with Crippen LogP contribution in [0.5, 0.6) is 5.75 Å². The Morgan fingerprint density at radius 1 is 1.06 bits per heavy atom. The zero-order valence-corrected chi connectivity index (χ0v) is 17.9. The summed E-state index contributed by atoms with van der Waals surface area (Å²) in [4.78, 5) is 27.8. The Bertz CT molecular complexity index is 1150. The summed E-state index contributed by atoms with van der Waals surface area (Å²) in [6.45, 7) is 4.39. The average molecular weight is 437 g/mol. The number of amides is 2. The molecule has 2 heterocycles. The number of anilines is 1. The molecule has 0 unspecified atom stereocenters. The van der Waals surface area contributed by atoms with Crippen LogP contribution in [0.25, 0.3) is 5.57 Å². The summed E-state index contributed by atoms with van der Waals surface area (Å²) in [6.07, 6.45) is 1.51. The fraction of sp³-hybridized carbons (Fsp3) is 0.167. The molecular weight excluding hydrogens is 416 g/mol. The second kappa shape index (κ2) is 8.70. The van der Waals surface area contributed by atoms with Crippen LogP contribution in [0.2, 0.25) is 5.02 Å². The second-order valence-corrected chi connectivity index (χ2v) is 7.50. The van der Waals surface area contributed by atoms with E-state index in [1.807, 2.05) is 19.9 Å². The number of carbonyl (C=O) groups is 2. The van der Waals surface area contributed by atoms with Crippen molar-refractivity contribution < 1.29 is 18.7 Å². The number of furan rings is 1. The highest BCUT2D eigenvalue weighted by Gasteiger charge is 2.39. The SMILES string of the molecule is CCOc1ccc(C2=C(Nc3cc(Cl)ccc3C)C(=O)N(Cc3ccco3)C2=O)cc1. The third kappa shape index (κ3) is 4.20. The molecule has 0 aliphatic carbocycles. The van der Waals surface area contributed by atoms with Gasteiger partial charge in [0.25, 0.3) is 11.8 Å². The van der Waals surface area contributed by atoms with Gasteiger partial charge in [0.05, 0.1) is 25.0 Å². The normalized spacial score (nSPS) is 13.8. The Morgan fingerprint density at radius 2 is 1.84 bits per heavy atom. The number of benzene rings is 2. The van der Waals surface area contributed by atoms with Crippen molar-refractivity contribution in [2.45, 2.75) is 20.4 Å². The molecule has 1 aromatic heterocycles.